The van der Waals surface area contributed by atoms with Crippen molar-refractivity contribution in [1.82, 2.24) is 0 Å². The van der Waals surface area contributed by atoms with E-state index in [0.717, 1.165) is 17.7 Å². The maximum Gasteiger partial charge on any atom is 0.416 e. The van der Waals surface area contributed by atoms with Gasteiger partial charge in [0.25, 0.3) is 0 Å². The molecule has 8 heteroatoms. The van der Waals surface area contributed by atoms with Crippen molar-refractivity contribution in [2.75, 3.05) is 19.0 Å². The van der Waals surface area contributed by atoms with E-state index in [9.17, 15) is 22.8 Å². The number of halogens is 3. The molecular weight excluding hydrogens is 411 g/mol. The number of hydrogen-bond acceptors (Lipinski definition) is 4. The van der Waals surface area contributed by atoms with Gasteiger partial charge in [-0.05, 0) is 55.2 Å². The number of carbonyl (C=O) groups excluding carboxylic acids is 2. The first kappa shape index (κ1) is 24.2. The first-order chi connectivity index (χ1) is 14.7. The van der Waals surface area contributed by atoms with Crippen molar-refractivity contribution in [1.29, 1.82) is 0 Å². The number of alkyl halides is 3. The van der Waals surface area contributed by atoms with Crippen LogP contribution in [0.2, 0.25) is 0 Å². The SMILES string of the molecule is CCOC(=O)C(CC)Cc1ccc(OC)c(NC(=O)Cc2ccc(C(F)(F)F)cc2)c1. The van der Waals surface area contributed by atoms with Crippen LogP contribution < -0.4 is 10.1 Å². The summed E-state index contributed by atoms with van der Waals surface area (Å²) in [6, 6.07) is 9.69. The van der Waals surface area contributed by atoms with Gasteiger partial charge >= 0.3 is 12.1 Å². The van der Waals surface area contributed by atoms with Crippen LogP contribution in [0.5, 0.6) is 5.75 Å². The monoisotopic (exact) mass is 437 g/mol. The van der Waals surface area contributed by atoms with Crippen molar-refractivity contribution < 1.29 is 32.2 Å². The second-order valence-corrected chi connectivity index (χ2v) is 7.02. The number of anilines is 1. The normalized spacial score (nSPS) is 12.2. The highest BCUT2D eigenvalue weighted by atomic mass is 19.4. The van der Waals surface area contributed by atoms with E-state index in [4.69, 9.17) is 9.47 Å². The van der Waals surface area contributed by atoms with E-state index in [1.54, 1.807) is 19.1 Å². The summed E-state index contributed by atoms with van der Waals surface area (Å²) in [7, 11) is 1.47. The Morgan fingerprint density at radius 3 is 2.23 bits per heavy atom. The highest BCUT2D eigenvalue weighted by molar-refractivity contribution is 5.93. The van der Waals surface area contributed by atoms with Crippen LogP contribution in [0.3, 0.4) is 0 Å². The predicted octanol–water partition coefficient (Wildman–Crippen LogP) is 5.03. The van der Waals surface area contributed by atoms with Crippen LogP contribution in [-0.2, 0) is 33.3 Å². The molecule has 0 saturated heterocycles. The number of nitrogens with one attached hydrogen (secondary N) is 1. The lowest BCUT2D eigenvalue weighted by molar-refractivity contribution is -0.148. The third-order valence-corrected chi connectivity index (χ3v) is 4.78. The summed E-state index contributed by atoms with van der Waals surface area (Å²) in [5, 5.41) is 2.74. The summed E-state index contributed by atoms with van der Waals surface area (Å²) in [6.07, 6.45) is -3.46. The number of amides is 1. The van der Waals surface area contributed by atoms with Crippen LogP contribution in [0.15, 0.2) is 42.5 Å². The van der Waals surface area contributed by atoms with Crippen molar-refractivity contribution in [2.45, 2.75) is 39.3 Å². The number of benzene rings is 2. The molecule has 0 aliphatic heterocycles. The van der Waals surface area contributed by atoms with Crippen LogP contribution in [-0.4, -0.2) is 25.6 Å². The molecule has 0 aliphatic carbocycles. The smallest absolute Gasteiger partial charge is 0.416 e. The molecular formula is C23H26F3NO4. The van der Waals surface area contributed by atoms with Crippen molar-refractivity contribution in [3.63, 3.8) is 0 Å². The van der Waals surface area contributed by atoms with Gasteiger partial charge in [-0.2, -0.15) is 13.2 Å². The largest absolute Gasteiger partial charge is 0.495 e. The average molecular weight is 437 g/mol. The van der Waals surface area contributed by atoms with E-state index < -0.39 is 17.6 Å². The fourth-order valence-corrected chi connectivity index (χ4v) is 3.11. The highest BCUT2D eigenvalue weighted by Crippen LogP contribution is 2.30. The van der Waals surface area contributed by atoms with Gasteiger partial charge in [-0.1, -0.05) is 25.1 Å². The Kier molecular flexibility index (Phi) is 8.47. The van der Waals surface area contributed by atoms with Crippen molar-refractivity contribution >= 4 is 17.6 Å². The number of rotatable bonds is 9. The van der Waals surface area contributed by atoms with Crippen molar-refractivity contribution in [3.8, 4) is 5.75 Å². The zero-order chi connectivity index (χ0) is 23.0. The van der Waals surface area contributed by atoms with Gasteiger partial charge in [-0.25, -0.2) is 0 Å². The quantitative estimate of drug-likeness (QED) is 0.559. The summed E-state index contributed by atoms with van der Waals surface area (Å²) in [4.78, 5) is 24.5. The maximum absolute atomic E-state index is 12.7. The number of esters is 1. The molecule has 0 fully saturated rings. The minimum atomic E-state index is -4.42. The lowest BCUT2D eigenvalue weighted by Crippen LogP contribution is -2.20. The minimum absolute atomic E-state index is 0.0913. The third kappa shape index (κ3) is 7.01. The summed E-state index contributed by atoms with van der Waals surface area (Å²) in [5.74, 6) is -0.529. The topological polar surface area (TPSA) is 64.6 Å². The van der Waals surface area contributed by atoms with Gasteiger partial charge in [-0.15, -0.1) is 0 Å². The van der Waals surface area contributed by atoms with E-state index >= 15 is 0 Å². The van der Waals surface area contributed by atoms with E-state index in [-0.39, 0.29) is 18.3 Å². The molecule has 0 aromatic heterocycles. The predicted molar refractivity (Wildman–Crippen MR) is 111 cm³/mol. The summed E-state index contributed by atoms with van der Waals surface area (Å²) in [6.45, 7) is 3.96. The second-order valence-electron chi connectivity index (χ2n) is 7.02. The molecule has 0 aliphatic rings. The van der Waals surface area contributed by atoms with Gasteiger partial charge in [0.1, 0.15) is 5.75 Å². The van der Waals surface area contributed by atoms with E-state index in [1.807, 2.05) is 13.0 Å². The van der Waals surface area contributed by atoms with E-state index in [2.05, 4.69) is 5.32 Å². The molecule has 1 unspecified atom stereocenters. The van der Waals surface area contributed by atoms with Gasteiger partial charge in [0.2, 0.25) is 5.91 Å². The summed E-state index contributed by atoms with van der Waals surface area (Å²) >= 11 is 0. The summed E-state index contributed by atoms with van der Waals surface area (Å²) in [5.41, 5.74) is 0.938. The molecule has 1 amide bonds. The van der Waals surface area contributed by atoms with Crippen molar-refractivity contribution in [2.24, 2.45) is 5.92 Å². The van der Waals surface area contributed by atoms with E-state index in [0.29, 0.717) is 36.4 Å². The van der Waals surface area contributed by atoms with E-state index in [1.165, 1.54) is 19.2 Å². The number of methoxy groups -OCH3 is 1. The van der Waals surface area contributed by atoms with Gasteiger partial charge in [0.05, 0.1) is 37.3 Å². The molecule has 5 nitrogen and oxygen atoms in total. The summed E-state index contributed by atoms with van der Waals surface area (Å²) < 4.78 is 48.4. The Morgan fingerprint density at radius 1 is 1.03 bits per heavy atom. The molecule has 0 radical (unpaired) electrons. The van der Waals surface area contributed by atoms with Crippen LogP contribution >= 0.6 is 0 Å². The molecule has 1 N–H and O–H groups in total. The fourth-order valence-electron chi connectivity index (χ4n) is 3.11. The zero-order valence-corrected chi connectivity index (χ0v) is 17.7. The third-order valence-electron chi connectivity index (χ3n) is 4.78. The van der Waals surface area contributed by atoms with Crippen LogP contribution in [0, 0.1) is 5.92 Å². The standard InChI is InChI=1S/C23H26F3NO4/c1-4-17(22(29)31-5-2)12-16-8-11-20(30-3)19(13-16)27-21(28)14-15-6-9-18(10-7-15)23(24,25)26/h6-11,13,17H,4-5,12,14H2,1-3H3,(H,27,28). The zero-order valence-electron chi connectivity index (χ0n) is 17.7. The first-order valence-corrected chi connectivity index (χ1v) is 9.97. The van der Waals surface area contributed by atoms with Crippen LogP contribution in [0.25, 0.3) is 0 Å². The molecule has 1 atom stereocenters. The Hall–Kier alpha value is -3.03. The Balaban J connectivity index is 2.11. The Bertz CT molecular complexity index is 895. The molecule has 31 heavy (non-hydrogen) atoms. The molecule has 2 aromatic carbocycles. The average Bonchev–Trinajstić information content (AvgIpc) is 2.72. The molecule has 2 aromatic rings. The minimum Gasteiger partial charge on any atom is -0.495 e. The lowest BCUT2D eigenvalue weighted by Gasteiger charge is -2.16. The Labute approximate surface area is 179 Å². The lowest BCUT2D eigenvalue weighted by atomic mass is 9.96. The second kappa shape index (κ2) is 10.8. The van der Waals surface area contributed by atoms with Crippen LogP contribution in [0.4, 0.5) is 18.9 Å². The Morgan fingerprint density at radius 2 is 1.68 bits per heavy atom. The fraction of sp³-hybridized carbons (Fsp3) is 0.391. The molecule has 0 saturated carbocycles. The van der Waals surface area contributed by atoms with Gasteiger partial charge < -0.3 is 14.8 Å². The molecule has 0 spiro atoms. The number of carbonyl (C=O) groups is 2. The molecule has 0 bridgehead atoms. The van der Waals surface area contributed by atoms with Gasteiger partial charge in [-0.3, -0.25) is 9.59 Å². The molecule has 2 rings (SSSR count). The highest BCUT2D eigenvalue weighted by Gasteiger charge is 2.30. The number of hydrogen-bond donors (Lipinski definition) is 1. The van der Waals surface area contributed by atoms with Crippen molar-refractivity contribution in [3.05, 3.63) is 59.2 Å². The molecule has 0 heterocycles. The number of ether oxygens (including phenoxy) is 2. The van der Waals surface area contributed by atoms with Gasteiger partial charge in [0.15, 0.2) is 0 Å². The van der Waals surface area contributed by atoms with Gasteiger partial charge in [0, 0.05) is 0 Å². The molecule has 168 valence electrons. The maximum atomic E-state index is 12.7. The van der Waals surface area contributed by atoms with Crippen LogP contribution in [0.1, 0.15) is 37.0 Å². The first-order valence-electron chi connectivity index (χ1n) is 9.97.